The van der Waals surface area contributed by atoms with Crippen molar-refractivity contribution in [1.29, 1.82) is 0 Å². The molecule has 0 bridgehead atoms. The monoisotopic (exact) mass is 400 g/mol. The van der Waals surface area contributed by atoms with Crippen molar-refractivity contribution < 1.29 is 9.18 Å². The Kier molecular flexibility index (Phi) is 4.53. The highest BCUT2D eigenvalue weighted by Crippen LogP contribution is 2.28. The number of halogens is 1. The minimum atomic E-state index is -0.280. The van der Waals surface area contributed by atoms with Gasteiger partial charge >= 0.3 is 0 Å². The predicted octanol–water partition coefficient (Wildman–Crippen LogP) is 5.34. The summed E-state index contributed by atoms with van der Waals surface area (Å²) >= 11 is 2.75. The molecule has 1 aromatic carbocycles. The normalized spacial score (nSPS) is 11.4. The number of hydrogen-bond donors (Lipinski definition) is 1. The third kappa shape index (κ3) is 3.38. The Bertz CT molecular complexity index is 1120. The Morgan fingerprint density at radius 2 is 1.96 bits per heavy atom. The number of carbonyl (C=O) groups is 1. The second kappa shape index (κ2) is 6.86. The van der Waals surface area contributed by atoms with E-state index in [9.17, 15) is 9.18 Å². The average Bonchev–Trinajstić information content (AvgIpc) is 3.32. The molecule has 1 N–H and O–H groups in total. The molecule has 0 atom stereocenters. The number of carbonyl (C=O) groups excluding carboxylic acids is 1. The fourth-order valence-corrected chi connectivity index (χ4v) is 4.55. The van der Waals surface area contributed by atoms with Crippen LogP contribution in [-0.2, 0) is 0 Å². The summed E-state index contributed by atoms with van der Waals surface area (Å²) in [4.78, 5) is 23.0. The summed E-state index contributed by atoms with van der Waals surface area (Å²) in [6, 6.07) is 6.21. The summed E-state index contributed by atoms with van der Waals surface area (Å²) in [7, 11) is 0. The average molecular weight is 401 g/mol. The molecule has 5 nitrogen and oxygen atoms in total. The number of imidazole rings is 1. The molecule has 27 heavy (non-hydrogen) atoms. The van der Waals surface area contributed by atoms with E-state index in [0.29, 0.717) is 15.9 Å². The molecule has 0 saturated carbocycles. The number of nitrogens with zero attached hydrogens (tertiary/aromatic N) is 3. The Morgan fingerprint density at radius 1 is 1.22 bits per heavy atom. The molecule has 3 heterocycles. The van der Waals surface area contributed by atoms with Crippen molar-refractivity contribution in [2.45, 2.75) is 26.7 Å². The minimum Gasteiger partial charge on any atom is -0.297 e. The predicted molar refractivity (Wildman–Crippen MR) is 107 cm³/mol. The van der Waals surface area contributed by atoms with E-state index in [1.165, 1.54) is 34.8 Å². The third-order valence-corrected chi connectivity index (χ3v) is 6.17. The number of aryl methyl sites for hydroxylation is 1. The van der Waals surface area contributed by atoms with Crippen LogP contribution in [0.3, 0.4) is 0 Å². The van der Waals surface area contributed by atoms with Crippen LogP contribution in [0.1, 0.15) is 40.8 Å². The van der Waals surface area contributed by atoms with E-state index in [0.717, 1.165) is 27.6 Å². The summed E-state index contributed by atoms with van der Waals surface area (Å²) in [5, 5.41) is 5.43. The minimum absolute atomic E-state index is 0.184. The number of thiazole rings is 2. The molecular weight excluding hydrogens is 383 g/mol. The maximum absolute atomic E-state index is 13.1. The fraction of sp³-hybridized carbons (Fsp3) is 0.211. The lowest BCUT2D eigenvalue weighted by Crippen LogP contribution is -2.11. The molecule has 0 unspecified atom stereocenters. The lowest BCUT2D eigenvalue weighted by Gasteiger charge is -2.01. The van der Waals surface area contributed by atoms with Crippen LogP contribution in [0, 0.1) is 12.7 Å². The summed E-state index contributed by atoms with van der Waals surface area (Å²) < 4.78 is 15.0. The molecular formula is C19H17FN4OS2. The Labute approximate surface area is 163 Å². The number of aromatic nitrogens is 3. The van der Waals surface area contributed by atoms with E-state index >= 15 is 0 Å². The fourth-order valence-electron chi connectivity index (χ4n) is 2.68. The second-order valence-electron chi connectivity index (χ2n) is 6.49. The van der Waals surface area contributed by atoms with Crippen LogP contribution in [0.4, 0.5) is 9.52 Å². The molecule has 0 fully saturated rings. The highest BCUT2D eigenvalue weighted by atomic mass is 32.1. The highest BCUT2D eigenvalue weighted by Gasteiger charge is 2.19. The molecule has 4 rings (SSSR count). The molecule has 138 valence electrons. The highest BCUT2D eigenvalue weighted by molar-refractivity contribution is 7.19. The van der Waals surface area contributed by atoms with Crippen LogP contribution in [0.25, 0.3) is 16.2 Å². The van der Waals surface area contributed by atoms with Gasteiger partial charge in [-0.25, -0.2) is 14.4 Å². The van der Waals surface area contributed by atoms with Gasteiger partial charge in [-0.3, -0.25) is 14.5 Å². The van der Waals surface area contributed by atoms with Crippen LogP contribution in [0.15, 0.2) is 35.8 Å². The molecule has 0 spiro atoms. The molecule has 0 aliphatic carbocycles. The number of rotatable bonds is 4. The Balaban J connectivity index is 1.60. The van der Waals surface area contributed by atoms with Gasteiger partial charge in [0.05, 0.1) is 11.4 Å². The SMILES string of the molecule is Cc1c(C(=O)Nc2nc(C(C)C)cs2)sc2nc(-c3ccc(F)cc3)cn12. The number of nitrogens with one attached hydrogen (secondary N) is 1. The van der Waals surface area contributed by atoms with Crippen LogP contribution in [-0.4, -0.2) is 20.3 Å². The number of benzene rings is 1. The first-order valence-corrected chi connectivity index (χ1v) is 10.1. The van der Waals surface area contributed by atoms with Gasteiger partial charge in [0.25, 0.3) is 5.91 Å². The second-order valence-corrected chi connectivity index (χ2v) is 8.32. The van der Waals surface area contributed by atoms with E-state index in [2.05, 4.69) is 29.1 Å². The summed E-state index contributed by atoms with van der Waals surface area (Å²) in [5.41, 5.74) is 3.37. The van der Waals surface area contributed by atoms with Crippen LogP contribution in [0.2, 0.25) is 0 Å². The van der Waals surface area contributed by atoms with Gasteiger partial charge in [-0.05, 0) is 37.1 Å². The molecule has 0 aliphatic heterocycles. The lowest BCUT2D eigenvalue weighted by atomic mass is 10.2. The largest absolute Gasteiger partial charge is 0.297 e. The first-order chi connectivity index (χ1) is 12.9. The molecule has 0 saturated heterocycles. The van der Waals surface area contributed by atoms with E-state index in [1.807, 2.05) is 22.9 Å². The number of fused-ring (bicyclic) bond motifs is 1. The third-order valence-electron chi connectivity index (χ3n) is 4.24. The molecule has 0 radical (unpaired) electrons. The van der Waals surface area contributed by atoms with Crippen molar-refractivity contribution in [1.82, 2.24) is 14.4 Å². The quantitative estimate of drug-likeness (QED) is 0.503. The van der Waals surface area contributed by atoms with Crippen molar-refractivity contribution in [3.05, 3.63) is 57.9 Å². The Morgan fingerprint density at radius 3 is 2.59 bits per heavy atom. The smallest absolute Gasteiger partial charge is 0.269 e. The summed E-state index contributed by atoms with van der Waals surface area (Å²) in [5.74, 6) is -0.141. The van der Waals surface area contributed by atoms with Gasteiger partial charge < -0.3 is 0 Å². The van der Waals surface area contributed by atoms with Crippen molar-refractivity contribution >= 4 is 38.7 Å². The van der Waals surface area contributed by atoms with Crippen molar-refractivity contribution in [2.75, 3.05) is 5.32 Å². The molecule has 8 heteroatoms. The molecule has 3 aromatic heterocycles. The van der Waals surface area contributed by atoms with Crippen LogP contribution < -0.4 is 5.32 Å². The Hall–Kier alpha value is -2.58. The zero-order valence-electron chi connectivity index (χ0n) is 15.0. The number of amides is 1. The standard InChI is InChI=1S/C19H17FN4OS2/c1-10(2)15-9-26-18(21-15)23-17(25)16-11(3)24-8-14(22-19(24)27-16)12-4-6-13(20)7-5-12/h4-10H,1-3H3,(H,21,23,25). The van der Waals surface area contributed by atoms with Gasteiger partial charge in [-0.1, -0.05) is 25.2 Å². The van der Waals surface area contributed by atoms with Crippen molar-refractivity contribution in [3.8, 4) is 11.3 Å². The summed E-state index contributed by atoms with van der Waals surface area (Å²) in [6.07, 6.45) is 1.87. The number of hydrogen-bond acceptors (Lipinski definition) is 5. The van der Waals surface area contributed by atoms with Gasteiger partial charge in [0, 0.05) is 22.8 Å². The molecule has 4 aromatic rings. The lowest BCUT2D eigenvalue weighted by molar-refractivity contribution is 0.102. The maximum atomic E-state index is 13.1. The van der Waals surface area contributed by atoms with E-state index in [-0.39, 0.29) is 11.7 Å². The molecule has 1 amide bonds. The number of anilines is 1. The van der Waals surface area contributed by atoms with Gasteiger partial charge in [0.2, 0.25) is 0 Å². The zero-order valence-corrected chi connectivity index (χ0v) is 16.6. The van der Waals surface area contributed by atoms with Gasteiger partial charge in [0.1, 0.15) is 10.7 Å². The van der Waals surface area contributed by atoms with Gasteiger partial charge in [-0.15, -0.1) is 11.3 Å². The maximum Gasteiger partial charge on any atom is 0.269 e. The first-order valence-electron chi connectivity index (χ1n) is 8.43. The van der Waals surface area contributed by atoms with Crippen molar-refractivity contribution in [2.24, 2.45) is 0 Å². The first kappa shape index (κ1) is 17.8. The van der Waals surface area contributed by atoms with E-state index < -0.39 is 0 Å². The van der Waals surface area contributed by atoms with Gasteiger partial charge in [0.15, 0.2) is 10.1 Å². The topological polar surface area (TPSA) is 59.3 Å². The zero-order chi connectivity index (χ0) is 19.1. The van der Waals surface area contributed by atoms with Crippen molar-refractivity contribution in [3.63, 3.8) is 0 Å². The van der Waals surface area contributed by atoms with E-state index in [4.69, 9.17) is 0 Å². The summed E-state index contributed by atoms with van der Waals surface area (Å²) in [6.45, 7) is 6.02. The van der Waals surface area contributed by atoms with Gasteiger partial charge in [-0.2, -0.15) is 0 Å². The van der Waals surface area contributed by atoms with E-state index in [1.54, 1.807) is 12.1 Å². The van der Waals surface area contributed by atoms with Crippen LogP contribution >= 0.6 is 22.7 Å². The molecule has 0 aliphatic rings. The van der Waals surface area contributed by atoms with Crippen LogP contribution in [0.5, 0.6) is 0 Å².